The number of rotatable bonds is 3. The van der Waals surface area contributed by atoms with Crippen LogP contribution in [-0.2, 0) is 6.18 Å². The van der Waals surface area contributed by atoms with Crippen molar-refractivity contribution in [3.05, 3.63) is 24.0 Å². The first kappa shape index (κ1) is 14.3. The van der Waals surface area contributed by atoms with Crippen LogP contribution in [0.15, 0.2) is 23.3 Å². The number of hydrogen-bond acceptors (Lipinski definition) is 5. The molecule has 0 amide bonds. The predicted octanol–water partition coefficient (Wildman–Crippen LogP) is 1.81. The Hall–Kier alpha value is -3.09. The summed E-state index contributed by atoms with van der Waals surface area (Å²) in [4.78, 5) is 5.56. The number of benzene rings is 1. The molecule has 0 atom stereocenters. The predicted molar refractivity (Wildman–Crippen MR) is 69.7 cm³/mol. The van der Waals surface area contributed by atoms with Gasteiger partial charge in [0.25, 0.3) is 0 Å². The summed E-state index contributed by atoms with van der Waals surface area (Å²) in [7, 11) is 0. The van der Waals surface area contributed by atoms with Gasteiger partial charge in [-0.25, -0.2) is 4.98 Å². The van der Waals surface area contributed by atoms with E-state index in [2.05, 4.69) is 20.5 Å². The first-order valence-corrected chi connectivity index (χ1v) is 5.46. The van der Waals surface area contributed by atoms with Crippen LogP contribution >= 0.6 is 0 Å². The van der Waals surface area contributed by atoms with Crippen LogP contribution in [0.2, 0.25) is 0 Å². The van der Waals surface area contributed by atoms with Crippen molar-refractivity contribution in [1.82, 2.24) is 9.97 Å². The molecule has 2 rings (SSSR count). The first-order valence-electron chi connectivity index (χ1n) is 5.46. The molecule has 10 heteroatoms. The van der Waals surface area contributed by atoms with Crippen LogP contribution in [-0.4, -0.2) is 21.5 Å². The molecule has 1 aromatic carbocycles. The smallest absolute Gasteiger partial charge is 0.382 e. The molecule has 2 aromatic rings. The Kier molecular flexibility index (Phi) is 3.49. The second kappa shape index (κ2) is 5.12. The van der Waals surface area contributed by atoms with E-state index in [1.807, 2.05) is 0 Å². The molecule has 0 bridgehead atoms. The SMILES string of the molecule is N#C/C(=N\Nc1ccc2nc(C(F)(F)F)[nH]c2c1)C(=N)N. The lowest BCUT2D eigenvalue weighted by Crippen LogP contribution is -2.21. The minimum atomic E-state index is -4.56. The van der Waals surface area contributed by atoms with Crippen molar-refractivity contribution in [1.29, 1.82) is 10.7 Å². The van der Waals surface area contributed by atoms with Crippen molar-refractivity contribution in [2.24, 2.45) is 10.8 Å². The summed E-state index contributed by atoms with van der Waals surface area (Å²) in [5, 5.41) is 19.3. The molecule has 108 valence electrons. The van der Waals surface area contributed by atoms with Crippen LogP contribution in [0.5, 0.6) is 0 Å². The Morgan fingerprint density at radius 2 is 2.19 bits per heavy atom. The third-order valence-electron chi connectivity index (χ3n) is 2.41. The average molecular weight is 295 g/mol. The van der Waals surface area contributed by atoms with Gasteiger partial charge in [-0.2, -0.15) is 23.5 Å². The zero-order valence-electron chi connectivity index (χ0n) is 10.3. The molecule has 0 unspecified atom stereocenters. The number of nitrogens with zero attached hydrogens (tertiary/aromatic N) is 3. The third-order valence-corrected chi connectivity index (χ3v) is 2.41. The normalized spacial score (nSPS) is 12.2. The third kappa shape index (κ3) is 3.08. The molecule has 7 nitrogen and oxygen atoms in total. The number of imidazole rings is 1. The lowest BCUT2D eigenvalue weighted by molar-refractivity contribution is -0.144. The molecule has 0 saturated heterocycles. The van der Waals surface area contributed by atoms with Crippen molar-refractivity contribution < 1.29 is 13.2 Å². The molecule has 1 aromatic heterocycles. The maximum atomic E-state index is 12.5. The van der Waals surface area contributed by atoms with Gasteiger partial charge in [-0.15, -0.1) is 0 Å². The van der Waals surface area contributed by atoms with Crippen LogP contribution < -0.4 is 11.2 Å². The summed E-state index contributed by atoms with van der Waals surface area (Å²) in [6, 6.07) is 5.74. The molecule has 0 saturated carbocycles. The van der Waals surface area contributed by atoms with Gasteiger partial charge in [0.1, 0.15) is 6.07 Å². The van der Waals surface area contributed by atoms with Crippen LogP contribution in [0.4, 0.5) is 18.9 Å². The number of aromatic amines is 1. The van der Waals surface area contributed by atoms with E-state index >= 15 is 0 Å². The molecule has 21 heavy (non-hydrogen) atoms. The molecule has 1 heterocycles. The monoisotopic (exact) mass is 295 g/mol. The quantitative estimate of drug-likeness (QED) is 0.391. The summed E-state index contributed by atoms with van der Waals surface area (Å²) < 4.78 is 37.5. The van der Waals surface area contributed by atoms with Gasteiger partial charge < -0.3 is 10.7 Å². The van der Waals surface area contributed by atoms with Crippen LogP contribution in [0.25, 0.3) is 11.0 Å². The topological polar surface area (TPSA) is 127 Å². The standard InChI is InChI=1S/C11H8F3N7/c12-11(13,14)10-18-6-2-1-5(3-7(6)19-10)20-21-8(4-15)9(16)17/h1-3,20H,(H3,16,17)(H,18,19)/b21-8+. The number of nitriles is 1. The Bertz CT molecular complexity index is 766. The molecule has 0 fully saturated rings. The Morgan fingerprint density at radius 3 is 2.76 bits per heavy atom. The van der Waals surface area contributed by atoms with E-state index in [1.54, 1.807) is 6.07 Å². The second-order valence-corrected chi connectivity index (χ2v) is 3.91. The van der Waals surface area contributed by atoms with Gasteiger partial charge >= 0.3 is 6.18 Å². The summed E-state index contributed by atoms with van der Waals surface area (Å²) in [6.07, 6.45) is -4.56. The lowest BCUT2D eigenvalue weighted by atomic mass is 10.3. The number of amidine groups is 1. The van der Waals surface area contributed by atoms with E-state index in [1.165, 1.54) is 18.2 Å². The molecule has 0 spiro atoms. The molecule has 0 aliphatic heterocycles. The highest BCUT2D eigenvalue weighted by atomic mass is 19.4. The van der Waals surface area contributed by atoms with E-state index in [0.29, 0.717) is 5.69 Å². The van der Waals surface area contributed by atoms with E-state index in [-0.39, 0.29) is 16.7 Å². The van der Waals surface area contributed by atoms with Gasteiger partial charge in [0, 0.05) is 0 Å². The molecule has 0 aliphatic carbocycles. The highest BCUT2D eigenvalue weighted by Crippen LogP contribution is 2.29. The van der Waals surface area contributed by atoms with E-state index < -0.39 is 17.8 Å². The van der Waals surface area contributed by atoms with Gasteiger partial charge in [-0.1, -0.05) is 0 Å². The fourth-order valence-electron chi connectivity index (χ4n) is 1.48. The summed E-state index contributed by atoms with van der Waals surface area (Å²) in [5.41, 5.74) is 7.81. The molecular weight excluding hydrogens is 287 g/mol. The fraction of sp³-hybridized carbons (Fsp3) is 0.0909. The minimum Gasteiger partial charge on any atom is -0.382 e. The van der Waals surface area contributed by atoms with Crippen molar-refractivity contribution in [2.45, 2.75) is 6.18 Å². The number of fused-ring (bicyclic) bond motifs is 1. The van der Waals surface area contributed by atoms with Crippen LogP contribution in [0.1, 0.15) is 5.82 Å². The van der Waals surface area contributed by atoms with Crippen molar-refractivity contribution in [2.75, 3.05) is 5.43 Å². The largest absolute Gasteiger partial charge is 0.449 e. The number of anilines is 1. The van der Waals surface area contributed by atoms with E-state index in [0.717, 1.165) is 0 Å². The number of hydrazone groups is 1. The summed E-state index contributed by atoms with van der Waals surface area (Å²) in [6.45, 7) is 0. The first-order chi connectivity index (χ1) is 9.81. The summed E-state index contributed by atoms with van der Waals surface area (Å²) >= 11 is 0. The Labute approximate surface area is 115 Å². The van der Waals surface area contributed by atoms with Crippen LogP contribution in [0, 0.1) is 16.7 Å². The van der Waals surface area contributed by atoms with Gasteiger partial charge in [0.2, 0.25) is 11.5 Å². The number of nitrogens with one attached hydrogen (secondary N) is 3. The number of aromatic nitrogens is 2. The van der Waals surface area contributed by atoms with Gasteiger partial charge in [-0.05, 0) is 18.2 Å². The number of halogens is 3. The molecule has 5 N–H and O–H groups in total. The highest BCUT2D eigenvalue weighted by Gasteiger charge is 2.34. The van der Waals surface area contributed by atoms with Crippen LogP contribution in [0.3, 0.4) is 0 Å². The second-order valence-electron chi connectivity index (χ2n) is 3.91. The number of nitrogens with two attached hydrogens (primary N) is 1. The number of alkyl halides is 3. The van der Waals surface area contributed by atoms with Crippen molar-refractivity contribution in [3.8, 4) is 6.07 Å². The summed E-state index contributed by atoms with van der Waals surface area (Å²) in [5.74, 6) is -1.62. The van der Waals surface area contributed by atoms with Crippen molar-refractivity contribution >= 4 is 28.3 Å². The Balaban J connectivity index is 2.32. The average Bonchev–Trinajstić information content (AvgIpc) is 2.82. The van der Waals surface area contributed by atoms with Gasteiger partial charge in [0.15, 0.2) is 5.84 Å². The zero-order chi connectivity index (χ0) is 15.6. The van der Waals surface area contributed by atoms with Crippen molar-refractivity contribution in [3.63, 3.8) is 0 Å². The number of hydrogen-bond donors (Lipinski definition) is 4. The van der Waals surface area contributed by atoms with E-state index in [4.69, 9.17) is 16.4 Å². The van der Waals surface area contributed by atoms with Gasteiger partial charge in [0.05, 0.1) is 16.7 Å². The number of H-pyrrole nitrogens is 1. The maximum absolute atomic E-state index is 12.5. The molecular formula is C11H8F3N7. The van der Waals surface area contributed by atoms with E-state index in [9.17, 15) is 13.2 Å². The van der Waals surface area contributed by atoms with Gasteiger partial charge in [-0.3, -0.25) is 10.8 Å². The fourth-order valence-corrected chi connectivity index (χ4v) is 1.48. The maximum Gasteiger partial charge on any atom is 0.449 e. The highest BCUT2D eigenvalue weighted by molar-refractivity contribution is 6.45. The minimum absolute atomic E-state index is 0.143. The Morgan fingerprint density at radius 1 is 1.48 bits per heavy atom. The molecule has 0 radical (unpaired) electrons. The lowest BCUT2D eigenvalue weighted by Gasteiger charge is -2.00. The molecule has 0 aliphatic rings. The zero-order valence-corrected chi connectivity index (χ0v) is 10.3.